The monoisotopic (exact) mass is 331 g/mol. The minimum atomic E-state index is 0. The van der Waals surface area contributed by atoms with Crippen molar-refractivity contribution in [1.82, 2.24) is 15.5 Å². The maximum absolute atomic E-state index is 11.9. The lowest BCUT2D eigenvalue weighted by Crippen LogP contribution is -2.42. The van der Waals surface area contributed by atoms with E-state index < -0.39 is 0 Å². The molecule has 0 bridgehead atoms. The van der Waals surface area contributed by atoms with E-state index in [-0.39, 0.29) is 18.3 Å². The van der Waals surface area contributed by atoms with Crippen molar-refractivity contribution in [3.63, 3.8) is 0 Å². The molecule has 2 N–H and O–H groups in total. The molecule has 0 atom stereocenters. The van der Waals surface area contributed by atoms with Gasteiger partial charge in [-0.15, -0.1) is 23.7 Å². The fraction of sp³-hybridized carbons (Fsp3) is 0.667. The zero-order chi connectivity index (χ0) is 14.2. The summed E-state index contributed by atoms with van der Waals surface area (Å²) in [6.45, 7) is 7.60. The van der Waals surface area contributed by atoms with Gasteiger partial charge in [-0.2, -0.15) is 0 Å². The molecule has 0 saturated carbocycles. The summed E-state index contributed by atoms with van der Waals surface area (Å²) in [4.78, 5) is 15.4. The van der Waals surface area contributed by atoms with Crippen molar-refractivity contribution in [1.29, 1.82) is 0 Å². The number of piperidine rings is 1. The third-order valence-electron chi connectivity index (χ3n) is 3.80. The van der Waals surface area contributed by atoms with E-state index in [1.54, 1.807) is 11.3 Å². The van der Waals surface area contributed by atoms with Crippen molar-refractivity contribution >= 4 is 29.7 Å². The Morgan fingerprint density at radius 3 is 2.81 bits per heavy atom. The number of nitrogens with one attached hydrogen (secondary N) is 2. The minimum Gasteiger partial charge on any atom is -0.350 e. The van der Waals surface area contributed by atoms with Crippen LogP contribution >= 0.6 is 23.7 Å². The molecule has 1 fully saturated rings. The molecule has 2 rings (SSSR count). The highest BCUT2D eigenvalue weighted by molar-refractivity contribution is 7.09. The number of thiophene rings is 1. The van der Waals surface area contributed by atoms with Gasteiger partial charge in [0.15, 0.2) is 0 Å². The fourth-order valence-corrected chi connectivity index (χ4v) is 3.20. The number of hydrogen-bond donors (Lipinski definition) is 2. The van der Waals surface area contributed by atoms with Gasteiger partial charge in [0.05, 0.1) is 13.1 Å². The van der Waals surface area contributed by atoms with E-state index in [0.717, 1.165) is 32.1 Å². The van der Waals surface area contributed by atoms with Crippen LogP contribution in [0.3, 0.4) is 0 Å². The molecule has 0 aromatic carbocycles. The quantitative estimate of drug-likeness (QED) is 0.804. The van der Waals surface area contributed by atoms with Crippen LogP contribution in [-0.2, 0) is 11.3 Å². The highest BCUT2D eigenvalue weighted by Crippen LogP contribution is 2.16. The van der Waals surface area contributed by atoms with Crippen molar-refractivity contribution in [2.45, 2.75) is 26.3 Å². The summed E-state index contributed by atoms with van der Waals surface area (Å²) < 4.78 is 0. The first-order valence-corrected chi connectivity index (χ1v) is 8.38. The van der Waals surface area contributed by atoms with E-state index in [2.05, 4.69) is 28.5 Å². The van der Waals surface area contributed by atoms with Crippen LogP contribution in [0.15, 0.2) is 17.5 Å². The van der Waals surface area contributed by atoms with Crippen molar-refractivity contribution in [2.75, 3.05) is 32.7 Å². The fourth-order valence-electron chi connectivity index (χ4n) is 2.55. The average Bonchev–Trinajstić information content (AvgIpc) is 2.98. The molecule has 1 saturated heterocycles. The first kappa shape index (κ1) is 18.4. The van der Waals surface area contributed by atoms with E-state index >= 15 is 0 Å². The average molecular weight is 332 g/mol. The smallest absolute Gasteiger partial charge is 0.234 e. The summed E-state index contributed by atoms with van der Waals surface area (Å²) in [5.74, 6) is 0.920. The van der Waals surface area contributed by atoms with Crippen LogP contribution in [0.25, 0.3) is 0 Å². The van der Waals surface area contributed by atoms with Crippen molar-refractivity contribution in [3.05, 3.63) is 22.4 Å². The molecule has 21 heavy (non-hydrogen) atoms. The Morgan fingerprint density at radius 1 is 1.43 bits per heavy atom. The van der Waals surface area contributed by atoms with Crippen molar-refractivity contribution < 1.29 is 4.79 Å². The Bertz CT molecular complexity index is 392. The number of carbonyl (C=O) groups excluding carboxylic acids is 1. The van der Waals surface area contributed by atoms with Crippen LogP contribution < -0.4 is 10.6 Å². The van der Waals surface area contributed by atoms with Gasteiger partial charge in [-0.05, 0) is 56.4 Å². The van der Waals surface area contributed by atoms with Crippen LogP contribution in [0.1, 0.15) is 24.6 Å². The maximum atomic E-state index is 11.9. The summed E-state index contributed by atoms with van der Waals surface area (Å²) in [7, 11) is 0. The Kier molecular flexibility index (Phi) is 8.92. The van der Waals surface area contributed by atoms with E-state index in [1.165, 1.54) is 17.7 Å². The topological polar surface area (TPSA) is 44.4 Å². The number of carbonyl (C=O) groups is 1. The Balaban J connectivity index is 0.00000220. The normalized spacial score (nSPS) is 16.4. The van der Waals surface area contributed by atoms with Crippen molar-refractivity contribution in [3.8, 4) is 0 Å². The molecule has 2 heterocycles. The maximum Gasteiger partial charge on any atom is 0.234 e. The highest BCUT2D eigenvalue weighted by atomic mass is 35.5. The summed E-state index contributed by atoms with van der Waals surface area (Å²) in [5, 5.41) is 8.45. The molecule has 1 aromatic heterocycles. The molecule has 6 heteroatoms. The number of halogens is 1. The van der Waals surface area contributed by atoms with Gasteiger partial charge in [-0.3, -0.25) is 9.69 Å². The lowest BCUT2D eigenvalue weighted by molar-refractivity contribution is -0.122. The lowest BCUT2D eigenvalue weighted by Gasteiger charge is -2.31. The zero-order valence-electron chi connectivity index (χ0n) is 12.6. The zero-order valence-corrected chi connectivity index (χ0v) is 14.3. The molecule has 1 aliphatic heterocycles. The molecule has 1 amide bonds. The van der Waals surface area contributed by atoms with E-state index in [1.807, 2.05) is 11.4 Å². The first-order chi connectivity index (χ1) is 9.78. The molecule has 0 spiro atoms. The van der Waals surface area contributed by atoms with Gasteiger partial charge < -0.3 is 10.6 Å². The van der Waals surface area contributed by atoms with Crippen LogP contribution in [-0.4, -0.2) is 43.5 Å². The third-order valence-corrected chi connectivity index (χ3v) is 4.67. The second-order valence-corrected chi connectivity index (χ2v) is 6.42. The molecular weight excluding hydrogens is 306 g/mol. The summed E-state index contributed by atoms with van der Waals surface area (Å²) >= 11 is 1.68. The molecule has 4 nitrogen and oxygen atoms in total. The minimum absolute atomic E-state index is 0. The Hall–Kier alpha value is -0.620. The van der Waals surface area contributed by atoms with Gasteiger partial charge in [-0.1, -0.05) is 13.0 Å². The largest absolute Gasteiger partial charge is 0.350 e. The van der Waals surface area contributed by atoms with Gasteiger partial charge in [0, 0.05) is 4.88 Å². The molecule has 1 aromatic rings. The van der Waals surface area contributed by atoms with Gasteiger partial charge in [0.25, 0.3) is 0 Å². The van der Waals surface area contributed by atoms with E-state index in [0.29, 0.717) is 13.1 Å². The van der Waals surface area contributed by atoms with Crippen LogP contribution in [0.2, 0.25) is 0 Å². The van der Waals surface area contributed by atoms with E-state index in [4.69, 9.17) is 0 Å². The number of amides is 1. The van der Waals surface area contributed by atoms with Crippen molar-refractivity contribution in [2.24, 2.45) is 5.92 Å². The predicted octanol–water partition coefficient (Wildman–Crippen LogP) is 2.11. The number of nitrogens with zero attached hydrogens (tertiary/aromatic N) is 1. The van der Waals surface area contributed by atoms with Gasteiger partial charge in [0.2, 0.25) is 5.91 Å². The summed E-state index contributed by atoms with van der Waals surface area (Å²) in [5.41, 5.74) is 0. The molecule has 0 aliphatic carbocycles. The molecule has 120 valence electrons. The Morgan fingerprint density at radius 2 is 2.19 bits per heavy atom. The summed E-state index contributed by atoms with van der Waals surface area (Å²) in [6, 6.07) is 4.07. The van der Waals surface area contributed by atoms with Gasteiger partial charge in [0.1, 0.15) is 0 Å². The third kappa shape index (κ3) is 6.78. The van der Waals surface area contributed by atoms with E-state index in [9.17, 15) is 4.79 Å². The lowest BCUT2D eigenvalue weighted by atomic mass is 9.97. The molecule has 0 unspecified atom stereocenters. The highest BCUT2D eigenvalue weighted by Gasteiger charge is 2.20. The molecule has 0 radical (unpaired) electrons. The summed E-state index contributed by atoms with van der Waals surface area (Å²) in [6.07, 6.45) is 2.40. The standard InChI is InChI=1S/C15H25N3OS.ClH/c1-2-16-10-13-5-7-18(8-6-13)12-15(19)17-11-14-4-3-9-20-14;/h3-4,9,13,16H,2,5-8,10-12H2,1H3,(H,17,19);1H. The number of rotatable bonds is 7. The van der Waals surface area contributed by atoms with Crippen LogP contribution in [0.4, 0.5) is 0 Å². The Labute approximate surface area is 137 Å². The predicted molar refractivity (Wildman–Crippen MR) is 91.1 cm³/mol. The second-order valence-electron chi connectivity index (χ2n) is 5.38. The SMILES string of the molecule is CCNCC1CCN(CC(=O)NCc2cccs2)CC1.Cl. The number of hydrogen-bond acceptors (Lipinski definition) is 4. The second kappa shape index (κ2) is 10.2. The molecular formula is C15H26ClN3OS. The van der Waals surface area contributed by atoms with Gasteiger partial charge >= 0.3 is 0 Å². The van der Waals surface area contributed by atoms with Crippen LogP contribution in [0, 0.1) is 5.92 Å². The van der Waals surface area contributed by atoms with Crippen LogP contribution in [0.5, 0.6) is 0 Å². The van der Waals surface area contributed by atoms with Gasteiger partial charge in [-0.25, -0.2) is 0 Å². The number of likely N-dealkylation sites (tertiary alicyclic amines) is 1. The molecule has 1 aliphatic rings. The first-order valence-electron chi connectivity index (χ1n) is 7.50.